The van der Waals surface area contributed by atoms with Gasteiger partial charge in [-0.1, -0.05) is 29.8 Å². The Hall–Kier alpha value is -1.26. The number of amides is 2. The lowest BCUT2D eigenvalue weighted by Gasteiger charge is -2.63. The summed E-state index contributed by atoms with van der Waals surface area (Å²) in [5, 5.41) is 15.3. The molecule has 4 nitrogen and oxygen atoms in total. The van der Waals surface area contributed by atoms with Gasteiger partial charge in [-0.25, -0.2) is 4.79 Å². The molecule has 134 valence electrons. The Labute approximate surface area is 153 Å². The maximum Gasteiger partial charge on any atom is 0.318 e. The van der Waals surface area contributed by atoms with Gasteiger partial charge in [-0.3, -0.25) is 0 Å². The standard InChI is InChI=1S/C20H25ClN2O2/c1-11-10-23(19(24)22-11)18-13-6-12-7-15(18)17(20(25,8-12)9-13)14-4-2-3-5-16(14)21/h2-5,11-13,15,17-18,25H,6-10H2,1H3,(H,22,24). The highest BCUT2D eigenvalue weighted by atomic mass is 35.5. The number of benzene rings is 1. The average Bonchev–Trinajstić information content (AvgIpc) is 2.86. The Bertz CT molecular complexity index is 725. The van der Waals surface area contributed by atoms with E-state index < -0.39 is 5.60 Å². The normalized spacial score (nSPS) is 45.1. The molecule has 0 aromatic heterocycles. The minimum Gasteiger partial charge on any atom is -0.389 e. The number of rotatable bonds is 2. The smallest absolute Gasteiger partial charge is 0.318 e. The third-order valence-corrected chi connectivity index (χ3v) is 7.47. The fourth-order valence-electron chi connectivity index (χ4n) is 6.64. The van der Waals surface area contributed by atoms with E-state index in [0.29, 0.717) is 17.8 Å². The number of nitrogens with zero attached hydrogens (tertiary/aromatic N) is 1. The zero-order chi connectivity index (χ0) is 17.3. The largest absolute Gasteiger partial charge is 0.389 e. The Morgan fingerprint density at radius 3 is 2.80 bits per heavy atom. The molecular formula is C20H25ClN2O2. The molecular weight excluding hydrogens is 336 g/mol. The maximum absolute atomic E-state index is 12.5. The summed E-state index contributed by atoms with van der Waals surface area (Å²) in [4.78, 5) is 14.6. The summed E-state index contributed by atoms with van der Waals surface area (Å²) >= 11 is 6.53. The lowest BCUT2D eigenvalue weighted by atomic mass is 9.46. The highest BCUT2D eigenvalue weighted by Crippen LogP contribution is 2.63. The van der Waals surface area contributed by atoms with Crippen molar-refractivity contribution in [1.29, 1.82) is 0 Å². The van der Waals surface area contributed by atoms with Gasteiger partial charge in [0.15, 0.2) is 0 Å². The van der Waals surface area contributed by atoms with Crippen LogP contribution in [0.4, 0.5) is 4.79 Å². The Morgan fingerprint density at radius 1 is 1.28 bits per heavy atom. The average molecular weight is 361 g/mol. The molecule has 1 aromatic carbocycles. The second-order valence-corrected chi connectivity index (χ2v) is 9.17. The van der Waals surface area contributed by atoms with E-state index in [9.17, 15) is 9.90 Å². The van der Waals surface area contributed by atoms with Crippen LogP contribution in [0.3, 0.4) is 0 Å². The molecule has 0 radical (unpaired) electrons. The second kappa shape index (κ2) is 5.37. The molecule has 1 heterocycles. The fourth-order valence-corrected chi connectivity index (χ4v) is 6.89. The third kappa shape index (κ3) is 2.26. The van der Waals surface area contributed by atoms with E-state index in [-0.39, 0.29) is 24.0 Å². The number of hydrogen-bond acceptors (Lipinski definition) is 2. The molecule has 7 atom stereocenters. The van der Waals surface area contributed by atoms with Crippen LogP contribution in [0.15, 0.2) is 24.3 Å². The molecule has 5 fully saturated rings. The van der Waals surface area contributed by atoms with Crippen molar-refractivity contribution < 1.29 is 9.90 Å². The van der Waals surface area contributed by atoms with Gasteiger partial charge in [0.05, 0.1) is 5.60 Å². The highest BCUT2D eigenvalue weighted by molar-refractivity contribution is 6.31. The lowest BCUT2D eigenvalue weighted by molar-refractivity contribution is -0.169. The molecule has 5 heteroatoms. The van der Waals surface area contributed by atoms with E-state index in [1.165, 1.54) is 0 Å². The molecule has 4 bridgehead atoms. The number of nitrogens with one attached hydrogen (secondary N) is 1. The van der Waals surface area contributed by atoms with Gasteiger partial charge in [-0.2, -0.15) is 0 Å². The van der Waals surface area contributed by atoms with Crippen molar-refractivity contribution in [1.82, 2.24) is 10.2 Å². The zero-order valence-electron chi connectivity index (χ0n) is 14.5. The van der Waals surface area contributed by atoms with E-state index in [0.717, 1.165) is 42.8 Å². The lowest BCUT2D eigenvalue weighted by Crippen LogP contribution is -2.65. The molecule has 7 unspecified atom stereocenters. The van der Waals surface area contributed by atoms with Crippen molar-refractivity contribution >= 4 is 17.6 Å². The van der Waals surface area contributed by atoms with Crippen molar-refractivity contribution in [3.8, 4) is 0 Å². The SMILES string of the molecule is CC1CN(C2C3CC4CC2C(c2ccccc2Cl)C(O)(C4)C3)C(=O)N1. The summed E-state index contributed by atoms with van der Waals surface area (Å²) in [6.45, 7) is 2.84. The Kier molecular flexibility index (Phi) is 3.43. The monoisotopic (exact) mass is 360 g/mol. The quantitative estimate of drug-likeness (QED) is 0.849. The summed E-state index contributed by atoms with van der Waals surface area (Å²) in [5.74, 6) is 1.33. The van der Waals surface area contributed by atoms with Gasteiger partial charge in [-0.05, 0) is 62.0 Å². The number of hydrogen-bond donors (Lipinski definition) is 2. The van der Waals surface area contributed by atoms with E-state index in [1.54, 1.807) is 0 Å². The molecule has 6 rings (SSSR count). The van der Waals surface area contributed by atoms with Crippen LogP contribution in [-0.4, -0.2) is 40.3 Å². The molecule has 4 aliphatic carbocycles. The van der Waals surface area contributed by atoms with E-state index in [1.807, 2.05) is 18.2 Å². The third-order valence-electron chi connectivity index (χ3n) is 7.13. The van der Waals surface area contributed by atoms with Crippen LogP contribution in [0, 0.1) is 17.8 Å². The van der Waals surface area contributed by atoms with Gasteiger partial charge in [0, 0.05) is 29.6 Å². The first-order valence-electron chi connectivity index (χ1n) is 9.50. The van der Waals surface area contributed by atoms with Crippen LogP contribution in [0.25, 0.3) is 0 Å². The van der Waals surface area contributed by atoms with Gasteiger partial charge in [0.2, 0.25) is 0 Å². The summed E-state index contributed by atoms with van der Waals surface area (Å²) < 4.78 is 0. The number of urea groups is 1. The van der Waals surface area contributed by atoms with Gasteiger partial charge in [-0.15, -0.1) is 0 Å². The molecule has 25 heavy (non-hydrogen) atoms. The van der Waals surface area contributed by atoms with Crippen molar-refractivity contribution in [2.75, 3.05) is 6.54 Å². The molecule has 5 aliphatic rings. The molecule has 2 amide bonds. The van der Waals surface area contributed by atoms with Crippen LogP contribution in [-0.2, 0) is 0 Å². The van der Waals surface area contributed by atoms with Crippen LogP contribution in [0.1, 0.15) is 44.1 Å². The number of carbonyl (C=O) groups excluding carboxylic acids is 1. The molecule has 1 saturated heterocycles. The molecule has 1 aliphatic heterocycles. The topological polar surface area (TPSA) is 52.6 Å². The van der Waals surface area contributed by atoms with Gasteiger partial charge < -0.3 is 15.3 Å². The first-order chi connectivity index (χ1) is 12.0. The van der Waals surface area contributed by atoms with Gasteiger partial charge in [0.1, 0.15) is 0 Å². The van der Waals surface area contributed by atoms with E-state index >= 15 is 0 Å². The predicted molar refractivity (Wildman–Crippen MR) is 96.6 cm³/mol. The summed E-state index contributed by atoms with van der Waals surface area (Å²) in [6, 6.07) is 8.43. The molecule has 1 aromatic rings. The number of carbonyl (C=O) groups is 1. The van der Waals surface area contributed by atoms with Gasteiger partial charge >= 0.3 is 6.03 Å². The van der Waals surface area contributed by atoms with Crippen LogP contribution in [0.5, 0.6) is 0 Å². The Morgan fingerprint density at radius 2 is 2.08 bits per heavy atom. The number of halogens is 1. The number of aliphatic hydroxyl groups is 1. The van der Waals surface area contributed by atoms with Crippen molar-refractivity contribution in [2.45, 2.75) is 56.2 Å². The van der Waals surface area contributed by atoms with E-state index in [4.69, 9.17) is 11.6 Å². The van der Waals surface area contributed by atoms with Crippen LogP contribution in [0.2, 0.25) is 5.02 Å². The minimum atomic E-state index is -0.667. The van der Waals surface area contributed by atoms with Crippen molar-refractivity contribution in [2.24, 2.45) is 17.8 Å². The van der Waals surface area contributed by atoms with Crippen LogP contribution >= 0.6 is 11.6 Å². The van der Waals surface area contributed by atoms with Gasteiger partial charge in [0.25, 0.3) is 0 Å². The minimum absolute atomic E-state index is 0.0303. The maximum atomic E-state index is 12.5. The fraction of sp³-hybridized carbons (Fsp3) is 0.650. The summed E-state index contributed by atoms with van der Waals surface area (Å²) in [7, 11) is 0. The highest BCUT2D eigenvalue weighted by Gasteiger charge is 2.63. The predicted octanol–water partition coefficient (Wildman–Crippen LogP) is 3.39. The summed E-state index contributed by atoms with van der Waals surface area (Å²) in [6.07, 6.45) is 3.92. The van der Waals surface area contributed by atoms with Crippen LogP contribution < -0.4 is 5.32 Å². The molecule has 2 N–H and O–H groups in total. The molecule has 0 spiro atoms. The zero-order valence-corrected chi connectivity index (χ0v) is 15.2. The first kappa shape index (κ1) is 16.0. The van der Waals surface area contributed by atoms with Crippen molar-refractivity contribution in [3.63, 3.8) is 0 Å². The Balaban J connectivity index is 1.58. The molecule has 4 saturated carbocycles. The summed E-state index contributed by atoms with van der Waals surface area (Å²) in [5.41, 5.74) is 0.396. The van der Waals surface area contributed by atoms with E-state index in [2.05, 4.69) is 23.2 Å². The second-order valence-electron chi connectivity index (χ2n) is 8.77. The first-order valence-corrected chi connectivity index (χ1v) is 9.88. The van der Waals surface area contributed by atoms with Crippen molar-refractivity contribution in [3.05, 3.63) is 34.9 Å².